The van der Waals surface area contributed by atoms with Crippen LogP contribution in [0.4, 0.5) is 13.2 Å². The van der Waals surface area contributed by atoms with E-state index in [2.05, 4.69) is 5.32 Å². The third-order valence-corrected chi connectivity index (χ3v) is 2.72. The Kier molecular flexibility index (Phi) is 6.22. The summed E-state index contributed by atoms with van der Waals surface area (Å²) in [6.45, 7) is 4.20. The Morgan fingerprint density at radius 1 is 1.18 bits per heavy atom. The quantitative estimate of drug-likeness (QED) is 0.785. The van der Waals surface area contributed by atoms with Gasteiger partial charge in [-0.3, -0.25) is 0 Å². The highest BCUT2D eigenvalue weighted by Crippen LogP contribution is 2.20. The highest BCUT2D eigenvalue weighted by Gasteiger charge is 2.31. The summed E-state index contributed by atoms with van der Waals surface area (Å²) < 4.78 is 46.5. The van der Waals surface area contributed by atoms with Crippen molar-refractivity contribution in [3.8, 4) is 5.75 Å². The molecule has 0 radical (unpaired) electrons. The van der Waals surface area contributed by atoms with Crippen LogP contribution >= 0.6 is 0 Å². The minimum absolute atomic E-state index is 0.0983. The summed E-state index contributed by atoms with van der Waals surface area (Å²) in [5, 5.41) is 2.30. The Morgan fingerprint density at radius 3 is 2.27 bits per heavy atom. The largest absolute Gasteiger partial charge is 0.476 e. The molecule has 7 heteroatoms. The Hall–Kier alpha value is -1.76. The molecule has 1 aromatic rings. The maximum absolute atomic E-state index is 12.0. The molecule has 4 nitrogen and oxygen atoms in total. The van der Waals surface area contributed by atoms with Crippen molar-refractivity contribution in [3.05, 3.63) is 29.8 Å². The van der Waals surface area contributed by atoms with Gasteiger partial charge in [-0.05, 0) is 38.5 Å². The van der Waals surface area contributed by atoms with Crippen LogP contribution in [0.15, 0.2) is 24.3 Å². The second-order valence-corrected chi connectivity index (χ2v) is 5.20. The molecule has 0 heterocycles. The number of hydrogen-bond donors (Lipinski definition) is 1. The standard InChI is InChI=1S/C15H20F3NO3/c1-4-21-13(20)14(2,3)22-12-7-5-11(6-8-12)9-19-10-15(16,17)18/h5-8,19H,4,9-10H2,1-3H3. The molecular weight excluding hydrogens is 299 g/mol. The van der Waals surface area contributed by atoms with Crippen molar-refractivity contribution in [1.29, 1.82) is 0 Å². The van der Waals surface area contributed by atoms with Gasteiger partial charge in [0, 0.05) is 6.54 Å². The summed E-state index contributed by atoms with van der Waals surface area (Å²) in [4.78, 5) is 11.7. The van der Waals surface area contributed by atoms with E-state index < -0.39 is 24.3 Å². The van der Waals surface area contributed by atoms with E-state index in [1.807, 2.05) is 0 Å². The molecule has 1 aromatic carbocycles. The topological polar surface area (TPSA) is 47.6 Å². The van der Waals surface area contributed by atoms with E-state index >= 15 is 0 Å². The average molecular weight is 319 g/mol. The third kappa shape index (κ3) is 6.34. The molecule has 0 saturated heterocycles. The van der Waals surface area contributed by atoms with Crippen molar-refractivity contribution < 1.29 is 27.4 Å². The first-order valence-corrected chi connectivity index (χ1v) is 6.86. The van der Waals surface area contributed by atoms with Crippen molar-refractivity contribution in [2.45, 2.75) is 39.1 Å². The number of ether oxygens (including phenoxy) is 2. The lowest BCUT2D eigenvalue weighted by molar-refractivity contribution is -0.158. The molecular formula is C15H20F3NO3. The second kappa shape index (κ2) is 7.49. The molecule has 0 saturated carbocycles. The van der Waals surface area contributed by atoms with Crippen molar-refractivity contribution in [3.63, 3.8) is 0 Å². The predicted molar refractivity (Wildman–Crippen MR) is 75.5 cm³/mol. The fraction of sp³-hybridized carbons (Fsp3) is 0.533. The molecule has 1 N–H and O–H groups in total. The molecule has 0 unspecified atom stereocenters. The van der Waals surface area contributed by atoms with Gasteiger partial charge in [-0.2, -0.15) is 13.2 Å². The summed E-state index contributed by atoms with van der Waals surface area (Å²) in [6.07, 6.45) is -4.23. The van der Waals surface area contributed by atoms with E-state index in [4.69, 9.17) is 9.47 Å². The summed E-state index contributed by atoms with van der Waals surface area (Å²) >= 11 is 0. The zero-order chi connectivity index (χ0) is 16.8. The van der Waals surface area contributed by atoms with Crippen LogP contribution in [0.2, 0.25) is 0 Å². The molecule has 1 rings (SSSR count). The van der Waals surface area contributed by atoms with Crippen LogP contribution in [0, 0.1) is 0 Å². The van der Waals surface area contributed by atoms with E-state index in [-0.39, 0.29) is 13.2 Å². The lowest BCUT2D eigenvalue weighted by atomic mass is 10.1. The number of alkyl halides is 3. The van der Waals surface area contributed by atoms with Crippen LogP contribution in [0.1, 0.15) is 26.3 Å². The number of carbonyl (C=O) groups is 1. The Balaban J connectivity index is 2.56. The van der Waals surface area contributed by atoms with Crippen LogP contribution < -0.4 is 10.1 Å². The number of esters is 1. The number of rotatable bonds is 7. The monoisotopic (exact) mass is 319 g/mol. The maximum Gasteiger partial charge on any atom is 0.401 e. The van der Waals surface area contributed by atoms with E-state index in [9.17, 15) is 18.0 Å². The van der Waals surface area contributed by atoms with Crippen LogP contribution in [0.25, 0.3) is 0 Å². The highest BCUT2D eigenvalue weighted by atomic mass is 19.4. The summed E-state index contributed by atoms with van der Waals surface area (Å²) in [5.41, 5.74) is -0.447. The second-order valence-electron chi connectivity index (χ2n) is 5.20. The Bertz CT molecular complexity index is 484. The van der Waals surface area contributed by atoms with Crippen LogP contribution in [-0.4, -0.2) is 30.9 Å². The van der Waals surface area contributed by atoms with E-state index in [0.29, 0.717) is 11.3 Å². The first kappa shape index (κ1) is 18.3. The Labute approximate surface area is 127 Å². The van der Waals surface area contributed by atoms with E-state index in [0.717, 1.165) is 0 Å². The molecule has 0 fully saturated rings. The number of hydrogen-bond acceptors (Lipinski definition) is 4. The minimum Gasteiger partial charge on any atom is -0.476 e. The first-order chi connectivity index (χ1) is 10.1. The lowest BCUT2D eigenvalue weighted by Gasteiger charge is -2.24. The highest BCUT2D eigenvalue weighted by molar-refractivity contribution is 5.79. The number of carbonyl (C=O) groups excluding carboxylic acids is 1. The number of benzene rings is 1. The maximum atomic E-state index is 12.0. The fourth-order valence-corrected chi connectivity index (χ4v) is 1.67. The van der Waals surface area contributed by atoms with Gasteiger partial charge < -0.3 is 14.8 Å². The van der Waals surface area contributed by atoms with Crippen LogP contribution in [-0.2, 0) is 16.1 Å². The van der Waals surface area contributed by atoms with Gasteiger partial charge >= 0.3 is 12.1 Å². The average Bonchev–Trinajstić information content (AvgIpc) is 2.39. The van der Waals surface area contributed by atoms with E-state index in [1.54, 1.807) is 45.0 Å². The van der Waals surface area contributed by atoms with E-state index in [1.165, 1.54) is 0 Å². The number of nitrogens with one attached hydrogen (secondary N) is 1. The lowest BCUT2D eigenvalue weighted by Crippen LogP contribution is -2.39. The van der Waals surface area contributed by atoms with Crippen molar-refractivity contribution in [2.24, 2.45) is 0 Å². The predicted octanol–water partition coefficient (Wildman–Crippen LogP) is 3.06. The van der Waals surface area contributed by atoms with Gasteiger partial charge in [-0.1, -0.05) is 12.1 Å². The fourth-order valence-electron chi connectivity index (χ4n) is 1.67. The van der Waals surface area contributed by atoms with Gasteiger partial charge in [0.15, 0.2) is 5.60 Å². The zero-order valence-electron chi connectivity index (χ0n) is 12.8. The van der Waals surface area contributed by atoms with Crippen molar-refractivity contribution in [1.82, 2.24) is 5.32 Å². The zero-order valence-corrected chi connectivity index (χ0v) is 12.8. The van der Waals surface area contributed by atoms with Gasteiger partial charge in [-0.15, -0.1) is 0 Å². The van der Waals surface area contributed by atoms with Gasteiger partial charge in [0.2, 0.25) is 0 Å². The molecule has 124 valence electrons. The molecule has 0 spiro atoms. The van der Waals surface area contributed by atoms with Gasteiger partial charge in [0.25, 0.3) is 0 Å². The molecule has 0 aromatic heterocycles. The summed E-state index contributed by atoms with van der Waals surface area (Å²) in [5.74, 6) is -0.0384. The molecule has 0 aliphatic rings. The summed E-state index contributed by atoms with van der Waals surface area (Å²) in [7, 11) is 0. The van der Waals surface area contributed by atoms with Crippen molar-refractivity contribution >= 4 is 5.97 Å². The first-order valence-electron chi connectivity index (χ1n) is 6.86. The molecule has 0 amide bonds. The molecule has 0 bridgehead atoms. The Morgan fingerprint density at radius 2 is 1.77 bits per heavy atom. The molecule has 0 atom stereocenters. The van der Waals surface area contributed by atoms with Gasteiger partial charge in [0.05, 0.1) is 13.2 Å². The summed E-state index contributed by atoms with van der Waals surface area (Å²) in [6, 6.07) is 6.48. The normalized spacial score (nSPS) is 12.1. The van der Waals surface area contributed by atoms with Gasteiger partial charge in [-0.25, -0.2) is 4.79 Å². The van der Waals surface area contributed by atoms with Crippen LogP contribution in [0.3, 0.4) is 0 Å². The SMILES string of the molecule is CCOC(=O)C(C)(C)Oc1ccc(CNCC(F)(F)F)cc1. The minimum atomic E-state index is -4.23. The smallest absolute Gasteiger partial charge is 0.401 e. The third-order valence-electron chi connectivity index (χ3n) is 2.72. The van der Waals surface area contributed by atoms with Gasteiger partial charge in [0.1, 0.15) is 5.75 Å². The molecule has 0 aliphatic carbocycles. The molecule has 22 heavy (non-hydrogen) atoms. The molecule has 0 aliphatic heterocycles. The van der Waals surface area contributed by atoms with Crippen LogP contribution in [0.5, 0.6) is 5.75 Å². The van der Waals surface area contributed by atoms with Crippen molar-refractivity contribution in [2.75, 3.05) is 13.2 Å². The number of halogens is 3.